The quantitative estimate of drug-likeness (QED) is 0.691. The van der Waals surface area contributed by atoms with E-state index in [-0.39, 0.29) is 11.3 Å². The Morgan fingerprint density at radius 2 is 2.04 bits per heavy atom. The molecule has 1 atom stereocenters. The Balaban J connectivity index is 1.93. The SMILES string of the molecule is CC(C)CCN1C(=O)CSC1c1cnccc1-c1ccc(Br)cc1. The lowest BCUT2D eigenvalue weighted by molar-refractivity contribution is -0.128. The molecule has 0 N–H and O–H groups in total. The van der Waals surface area contributed by atoms with Crippen LogP contribution >= 0.6 is 27.7 Å². The van der Waals surface area contributed by atoms with Crippen molar-refractivity contribution in [2.24, 2.45) is 5.92 Å². The van der Waals surface area contributed by atoms with E-state index in [0.717, 1.165) is 34.1 Å². The van der Waals surface area contributed by atoms with Gasteiger partial charge in [0.05, 0.1) is 5.75 Å². The highest BCUT2D eigenvalue weighted by atomic mass is 79.9. The molecule has 1 aromatic carbocycles. The fraction of sp³-hybridized carbons (Fsp3) is 0.368. The highest BCUT2D eigenvalue weighted by molar-refractivity contribution is 9.10. The lowest BCUT2D eigenvalue weighted by Gasteiger charge is -2.26. The minimum absolute atomic E-state index is 0.0589. The van der Waals surface area contributed by atoms with Gasteiger partial charge in [-0.25, -0.2) is 0 Å². The smallest absolute Gasteiger partial charge is 0.233 e. The van der Waals surface area contributed by atoms with Gasteiger partial charge in [0.1, 0.15) is 5.37 Å². The molecule has 0 spiro atoms. The fourth-order valence-electron chi connectivity index (χ4n) is 2.85. The Morgan fingerprint density at radius 1 is 1.29 bits per heavy atom. The average molecular weight is 405 g/mol. The van der Waals surface area contributed by atoms with Crippen LogP contribution in [0.4, 0.5) is 0 Å². The highest BCUT2D eigenvalue weighted by Crippen LogP contribution is 2.42. The molecule has 5 heteroatoms. The van der Waals surface area contributed by atoms with E-state index in [1.807, 2.05) is 35.5 Å². The van der Waals surface area contributed by atoms with Gasteiger partial charge in [0.25, 0.3) is 0 Å². The van der Waals surface area contributed by atoms with Gasteiger partial charge in [-0.2, -0.15) is 0 Å². The molecule has 24 heavy (non-hydrogen) atoms. The summed E-state index contributed by atoms with van der Waals surface area (Å²) in [4.78, 5) is 18.7. The van der Waals surface area contributed by atoms with Crippen molar-refractivity contribution in [1.82, 2.24) is 9.88 Å². The summed E-state index contributed by atoms with van der Waals surface area (Å²) in [6.45, 7) is 5.20. The predicted octanol–water partition coefficient (Wildman–Crippen LogP) is 5.13. The number of carbonyl (C=O) groups excluding carboxylic acids is 1. The van der Waals surface area contributed by atoms with Crippen LogP contribution in [0.3, 0.4) is 0 Å². The molecular formula is C19H21BrN2OS. The first kappa shape index (κ1) is 17.5. The molecule has 0 saturated carbocycles. The maximum Gasteiger partial charge on any atom is 0.233 e. The molecule has 1 aliphatic rings. The summed E-state index contributed by atoms with van der Waals surface area (Å²) in [6.07, 6.45) is 4.76. The van der Waals surface area contributed by atoms with Gasteiger partial charge >= 0.3 is 0 Å². The van der Waals surface area contributed by atoms with Gasteiger partial charge < -0.3 is 4.90 Å². The topological polar surface area (TPSA) is 33.2 Å². The Bertz CT molecular complexity index is 718. The molecule has 3 nitrogen and oxygen atoms in total. The average Bonchev–Trinajstić information content (AvgIpc) is 2.94. The number of benzene rings is 1. The molecule has 126 valence electrons. The summed E-state index contributed by atoms with van der Waals surface area (Å²) in [7, 11) is 0. The van der Waals surface area contributed by atoms with E-state index < -0.39 is 0 Å². The van der Waals surface area contributed by atoms with Crippen molar-refractivity contribution in [1.29, 1.82) is 0 Å². The molecule has 3 rings (SSSR count). The first-order valence-corrected chi connectivity index (χ1v) is 10.0. The number of aromatic nitrogens is 1. The van der Waals surface area contributed by atoms with Crippen LogP contribution in [0.1, 0.15) is 31.2 Å². The van der Waals surface area contributed by atoms with Crippen LogP contribution < -0.4 is 0 Å². The number of nitrogens with zero attached hydrogens (tertiary/aromatic N) is 2. The molecule has 2 aromatic rings. The van der Waals surface area contributed by atoms with Crippen LogP contribution in [0, 0.1) is 5.92 Å². The van der Waals surface area contributed by atoms with Gasteiger partial charge in [0.15, 0.2) is 0 Å². The Hall–Kier alpha value is -1.33. The van der Waals surface area contributed by atoms with Crippen LogP contribution in [0.2, 0.25) is 0 Å². The first-order valence-electron chi connectivity index (χ1n) is 8.17. The molecule has 1 amide bonds. The summed E-state index contributed by atoms with van der Waals surface area (Å²) in [5.74, 6) is 1.37. The molecule has 1 aromatic heterocycles. The molecule has 1 aliphatic heterocycles. The number of halogens is 1. The molecule has 0 radical (unpaired) electrons. The lowest BCUT2D eigenvalue weighted by atomic mass is 10.0. The van der Waals surface area contributed by atoms with Crippen LogP contribution in [0.5, 0.6) is 0 Å². The summed E-state index contributed by atoms with van der Waals surface area (Å²) in [5, 5.41) is 0.0589. The van der Waals surface area contributed by atoms with Crippen LogP contribution in [-0.2, 0) is 4.79 Å². The van der Waals surface area contributed by atoms with Crippen LogP contribution in [0.15, 0.2) is 47.2 Å². The molecular weight excluding hydrogens is 384 g/mol. The number of hydrogen-bond donors (Lipinski definition) is 0. The normalized spacial score (nSPS) is 17.8. The predicted molar refractivity (Wildman–Crippen MR) is 104 cm³/mol. The fourth-order valence-corrected chi connectivity index (χ4v) is 4.35. The van der Waals surface area contributed by atoms with Gasteiger partial charge in [-0.3, -0.25) is 9.78 Å². The van der Waals surface area contributed by atoms with Crippen molar-refractivity contribution in [3.05, 3.63) is 52.8 Å². The zero-order chi connectivity index (χ0) is 17.1. The summed E-state index contributed by atoms with van der Waals surface area (Å²) in [6, 6.07) is 10.3. The van der Waals surface area contributed by atoms with Gasteiger partial charge in [-0.1, -0.05) is 41.9 Å². The minimum Gasteiger partial charge on any atom is -0.326 e. The zero-order valence-electron chi connectivity index (χ0n) is 13.9. The van der Waals surface area contributed by atoms with E-state index in [0.29, 0.717) is 11.7 Å². The van der Waals surface area contributed by atoms with E-state index in [2.05, 4.69) is 46.9 Å². The Labute approximate surface area is 156 Å². The van der Waals surface area contributed by atoms with Crippen molar-refractivity contribution >= 4 is 33.6 Å². The van der Waals surface area contributed by atoms with E-state index in [1.54, 1.807) is 11.8 Å². The van der Waals surface area contributed by atoms with Crippen LogP contribution in [0.25, 0.3) is 11.1 Å². The third kappa shape index (κ3) is 3.83. The van der Waals surface area contributed by atoms with Crippen molar-refractivity contribution < 1.29 is 4.79 Å². The molecule has 0 aliphatic carbocycles. The van der Waals surface area contributed by atoms with E-state index in [4.69, 9.17) is 0 Å². The van der Waals surface area contributed by atoms with Crippen molar-refractivity contribution in [2.45, 2.75) is 25.6 Å². The maximum absolute atomic E-state index is 12.3. The molecule has 0 bridgehead atoms. The molecule has 1 unspecified atom stereocenters. The molecule has 1 fully saturated rings. The largest absolute Gasteiger partial charge is 0.326 e. The standard InChI is InChI=1S/C19H21BrN2OS/c1-13(2)8-10-22-18(23)12-24-19(22)17-11-21-9-7-16(17)14-3-5-15(20)6-4-14/h3-7,9,11,13,19H,8,10,12H2,1-2H3. The van der Waals surface area contributed by atoms with Crippen molar-refractivity contribution in [3.8, 4) is 11.1 Å². The van der Waals surface area contributed by atoms with Gasteiger partial charge in [0.2, 0.25) is 5.91 Å². The zero-order valence-corrected chi connectivity index (χ0v) is 16.3. The molecule has 1 saturated heterocycles. The third-order valence-corrected chi connectivity index (χ3v) is 5.96. The van der Waals surface area contributed by atoms with E-state index >= 15 is 0 Å². The maximum atomic E-state index is 12.3. The number of rotatable bonds is 5. The number of thioether (sulfide) groups is 1. The third-order valence-electron chi connectivity index (χ3n) is 4.19. The Morgan fingerprint density at radius 3 is 2.75 bits per heavy atom. The van der Waals surface area contributed by atoms with E-state index in [1.165, 1.54) is 0 Å². The monoisotopic (exact) mass is 404 g/mol. The number of carbonyl (C=O) groups is 1. The summed E-state index contributed by atoms with van der Waals surface area (Å²) < 4.78 is 1.06. The Kier molecular flexibility index (Phi) is 5.61. The number of amides is 1. The van der Waals surface area contributed by atoms with E-state index in [9.17, 15) is 4.79 Å². The van der Waals surface area contributed by atoms with Crippen molar-refractivity contribution in [3.63, 3.8) is 0 Å². The van der Waals surface area contributed by atoms with Gasteiger partial charge in [-0.05, 0) is 41.7 Å². The number of hydrogen-bond acceptors (Lipinski definition) is 3. The summed E-state index contributed by atoms with van der Waals surface area (Å²) >= 11 is 5.19. The second-order valence-electron chi connectivity index (χ2n) is 6.40. The van der Waals surface area contributed by atoms with Crippen molar-refractivity contribution in [2.75, 3.05) is 12.3 Å². The number of pyridine rings is 1. The second kappa shape index (κ2) is 7.70. The first-order chi connectivity index (χ1) is 11.6. The second-order valence-corrected chi connectivity index (χ2v) is 8.39. The van der Waals surface area contributed by atoms with Crippen LogP contribution in [-0.4, -0.2) is 28.1 Å². The minimum atomic E-state index is 0.0589. The lowest BCUT2D eigenvalue weighted by Crippen LogP contribution is -2.30. The van der Waals surface area contributed by atoms with Gasteiger partial charge in [-0.15, -0.1) is 11.8 Å². The summed E-state index contributed by atoms with van der Waals surface area (Å²) in [5.41, 5.74) is 3.43. The molecule has 2 heterocycles. The van der Waals surface area contributed by atoms with Gasteiger partial charge in [0, 0.05) is 29.0 Å². The highest BCUT2D eigenvalue weighted by Gasteiger charge is 2.34.